The molecule has 0 spiro atoms. The van der Waals surface area contributed by atoms with Crippen molar-refractivity contribution < 1.29 is 27.2 Å². The smallest absolute Gasteiger partial charge is 0.367 e. The first-order chi connectivity index (χ1) is 14.6. The molecule has 1 heterocycles. The van der Waals surface area contributed by atoms with E-state index >= 15 is 0 Å². The van der Waals surface area contributed by atoms with E-state index in [9.17, 15) is 27.2 Å². The highest BCUT2D eigenvalue weighted by Crippen LogP contribution is 2.36. The second kappa shape index (κ2) is 9.47. The number of hydrogen-bond donors (Lipinski definition) is 1. The second-order valence-corrected chi connectivity index (χ2v) is 7.50. The molecule has 9 heteroatoms. The summed E-state index contributed by atoms with van der Waals surface area (Å²) in [5.41, 5.74) is -0.00705. The van der Waals surface area contributed by atoms with E-state index in [0.717, 1.165) is 37.4 Å². The molecule has 1 saturated heterocycles. The number of anilines is 2. The molecule has 0 aromatic heterocycles. The molecule has 1 aliphatic heterocycles. The molecule has 1 fully saturated rings. The van der Waals surface area contributed by atoms with Gasteiger partial charge in [0.2, 0.25) is 5.91 Å². The molecule has 5 nitrogen and oxygen atoms in total. The molecule has 3 rings (SSSR count). The molecule has 0 bridgehead atoms. The Balaban J connectivity index is 1.72. The van der Waals surface area contributed by atoms with Crippen molar-refractivity contribution in [3.05, 3.63) is 59.4 Å². The summed E-state index contributed by atoms with van der Waals surface area (Å²) >= 11 is 0. The SMILES string of the molecule is CN1CCN(c2ccc(C(F)(F)F)cc2NC(=O)CCC(=O)c2ccc(F)cc2)CC1. The van der Waals surface area contributed by atoms with Crippen molar-refractivity contribution in [1.82, 2.24) is 4.90 Å². The van der Waals surface area contributed by atoms with Gasteiger partial charge in [0.05, 0.1) is 16.9 Å². The van der Waals surface area contributed by atoms with Crippen LogP contribution in [0.3, 0.4) is 0 Å². The number of benzene rings is 2. The number of carbonyl (C=O) groups is 2. The Hall–Kier alpha value is -2.94. The molecular weight excluding hydrogens is 414 g/mol. The zero-order chi connectivity index (χ0) is 22.6. The molecule has 2 aromatic carbocycles. The van der Waals surface area contributed by atoms with Crippen molar-refractivity contribution in [2.24, 2.45) is 0 Å². The van der Waals surface area contributed by atoms with Crippen LogP contribution in [0.5, 0.6) is 0 Å². The molecule has 1 aliphatic rings. The van der Waals surface area contributed by atoms with Crippen LogP contribution >= 0.6 is 0 Å². The van der Waals surface area contributed by atoms with Crippen molar-refractivity contribution in [1.29, 1.82) is 0 Å². The van der Waals surface area contributed by atoms with Crippen molar-refractivity contribution in [2.75, 3.05) is 43.4 Å². The van der Waals surface area contributed by atoms with Gasteiger partial charge in [-0.2, -0.15) is 13.2 Å². The minimum Gasteiger partial charge on any atom is -0.367 e. The fourth-order valence-electron chi connectivity index (χ4n) is 3.36. The Morgan fingerprint density at radius 2 is 1.61 bits per heavy atom. The van der Waals surface area contributed by atoms with E-state index in [1.165, 1.54) is 18.2 Å². The van der Waals surface area contributed by atoms with Crippen LogP contribution in [-0.4, -0.2) is 49.8 Å². The molecule has 1 amide bonds. The molecule has 2 aromatic rings. The summed E-state index contributed by atoms with van der Waals surface area (Å²) in [6.07, 6.45) is -4.88. The number of ketones is 1. The number of nitrogens with zero attached hydrogens (tertiary/aromatic N) is 2. The van der Waals surface area contributed by atoms with Crippen LogP contribution in [0.25, 0.3) is 0 Å². The highest BCUT2D eigenvalue weighted by molar-refractivity contribution is 6.01. The van der Waals surface area contributed by atoms with Crippen LogP contribution in [0.1, 0.15) is 28.8 Å². The predicted octanol–water partition coefficient (Wildman–Crippen LogP) is 4.20. The van der Waals surface area contributed by atoms with Gasteiger partial charge < -0.3 is 15.1 Å². The zero-order valence-corrected chi connectivity index (χ0v) is 17.0. The number of halogens is 4. The third kappa shape index (κ3) is 6.04. The number of likely N-dealkylation sites (N-methyl/N-ethyl adjacent to an activating group) is 1. The summed E-state index contributed by atoms with van der Waals surface area (Å²) in [6.45, 7) is 2.74. The molecular formula is C22H23F4N3O2. The lowest BCUT2D eigenvalue weighted by atomic mass is 10.1. The number of piperazine rings is 1. The van der Waals surface area contributed by atoms with Crippen LogP contribution in [0.15, 0.2) is 42.5 Å². The van der Waals surface area contributed by atoms with E-state index in [2.05, 4.69) is 10.2 Å². The molecule has 0 saturated carbocycles. The molecule has 166 valence electrons. The Labute approximate surface area is 177 Å². The van der Waals surface area contributed by atoms with Gasteiger partial charge in [0, 0.05) is 44.6 Å². The van der Waals surface area contributed by atoms with Crippen LogP contribution in [0, 0.1) is 5.82 Å². The Morgan fingerprint density at radius 1 is 0.968 bits per heavy atom. The highest BCUT2D eigenvalue weighted by Gasteiger charge is 2.32. The molecule has 0 radical (unpaired) electrons. The van der Waals surface area contributed by atoms with E-state index in [4.69, 9.17) is 0 Å². The Morgan fingerprint density at radius 3 is 2.23 bits per heavy atom. The standard InChI is InChI=1S/C22H23F4N3O2/c1-28-10-12-29(13-11-28)19-7-4-16(22(24,25)26)14-18(19)27-21(31)9-8-20(30)15-2-5-17(23)6-3-15/h2-7,14H,8-13H2,1H3,(H,27,31). The van der Waals surface area contributed by atoms with Crippen molar-refractivity contribution in [3.63, 3.8) is 0 Å². The average Bonchev–Trinajstić information content (AvgIpc) is 2.72. The van der Waals surface area contributed by atoms with Gasteiger partial charge in [-0.3, -0.25) is 9.59 Å². The molecule has 0 unspecified atom stereocenters. The number of nitrogens with one attached hydrogen (secondary N) is 1. The van der Waals surface area contributed by atoms with E-state index in [1.54, 1.807) is 0 Å². The molecule has 0 atom stereocenters. The average molecular weight is 437 g/mol. The van der Waals surface area contributed by atoms with Gasteiger partial charge in [-0.05, 0) is 49.5 Å². The van der Waals surface area contributed by atoms with E-state index < -0.39 is 23.5 Å². The van der Waals surface area contributed by atoms with Crippen molar-refractivity contribution >= 4 is 23.1 Å². The lowest BCUT2D eigenvalue weighted by Crippen LogP contribution is -2.44. The van der Waals surface area contributed by atoms with Gasteiger partial charge in [0.25, 0.3) is 0 Å². The monoisotopic (exact) mass is 437 g/mol. The van der Waals surface area contributed by atoms with Crippen molar-refractivity contribution in [3.8, 4) is 0 Å². The van der Waals surface area contributed by atoms with Gasteiger partial charge in [-0.15, -0.1) is 0 Å². The lowest BCUT2D eigenvalue weighted by molar-refractivity contribution is -0.137. The minimum atomic E-state index is -4.54. The maximum Gasteiger partial charge on any atom is 0.416 e. The first kappa shape index (κ1) is 22.7. The third-order valence-corrected chi connectivity index (χ3v) is 5.19. The number of carbonyl (C=O) groups excluding carboxylic acids is 2. The van der Waals surface area contributed by atoms with Gasteiger partial charge in [0.1, 0.15) is 5.82 Å². The number of alkyl halides is 3. The van der Waals surface area contributed by atoms with Crippen LogP contribution in [-0.2, 0) is 11.0 Å². The largest absolute Gasteiger partial charge is 0.416 e. The summed E-state index contributed by atoms with van der Waals surface area (Å²) in [5.74, 6) is -1.39. The summed E-state index contributed by atoms with van der Waals surface area (Å²) in [6, 6.07) is 8.25. The quantitative estimate of drug-likeness (QED) is 0.544. The molecule has 1 N–H and O–H groups in total. The summed E-state index contributed by atoms with van der Waals surface area (Å²) in [5, 5.41) is 2.54. The second-order valence-electron chi connectivity index (χ2n) is 7.50. The van der Waals surface area contributed by atoms with E-state index in [-0.39, 0.29) is 29.9 Å². The van der Waals surface area contributed by atoms with Crippen molar-refractivity contribution in [2.45, 2.75) is 19.0 Å². The normalized spacial score (nSPS) is 15.1. The van der Waals surface area contributed by atoms with Crippen LogP contribution < -0.4 is 10.2 Å². The lowest BCUT2D eigenvalue weighted by Gasteiger charge is -2.35. The number of hydrogen-bond acceptors (Lipinski definition) is 4. The Kier molecular flexibility index (Phi) is 6.94. The van der Waals surface area contributed by atoms with E-state index in [0.29, 0.717) is 18.8 Å². The summed E-state index contributed by atoms with van der Waals surface area (Å²) in [4.78, 5) is 28.6. The van der Waals surface area contributed by atoms with E-state index in [1.807, 2.05) is 11.9 Å². The number of amides is 1. The molecule has 0 aliphatic carbocycles. The predicted molar refractivity (Wildman–Crippen MR) is 110 cm³/mol. The molecule has 31 heavy (non-hydrogen) atoms. The first-order valence-electron chi connectivity index (χ1n) is 9.87. The van der Waals surface area contributed by atoms with Crippen LogP contribution in [0.2, 0.25) is 0 Å². The van der Waals surface area contributed by atoms with Gasteiger partial charge in [-0.1, -0.05) is 0 Å². The summed E-state index contributed by atoms with van der Waals surface area (Å²) in [7, 11) is 1.96. The highest BCUT2D eigenvalue weighted by atomic mass is 19.4. The number of Topliss-reactive ketones (excluding diaryl/α,β-unsaturated/α-hetero) is 1. The van der Waals surface area contributed by atoms with Gasteiger partial charge in [0.15, 0.2) is 5.78 Å². The first-order valence-corrected chi connectivity index (χ1v) is 9.87. The topological polar surface area (TPSA) is 52.6 Å². The van der Waals surface area contributed by atoms with Gasteiger partial charge >= 0.3 is 6.18 Å². The van der Waals surface area contributed by atoms with Crippen LogP contribution in [0.4, 0.5) is 28.9 Å². The maximum absolute atomic E-state index is 13.2. The maximum atomic E-state index is 13.2. The van der Waals surface area contributed by atoms with Gasteiger partial charge in [-0.25, -0.2) is 4.39 Å². The fourth-order valence-corrected chi connectivity index (χ4v) is 3.36. The fraction of sp³-hybridized carbons (Fsp3) is 0.364. The Bertz CT molecular complexity index is 937. The summed E-state index contributed by atoms with van der Waals surface area (Å²) < 4.78 is 52.6. The number of rotatable bonds is 6. The third-order valence-electron chi connectivity index (χ3n) is 5.19. The zero-order valence-electron chi connectivity index (χ0n) is 17.0. The minimum absolute atomic E-state index is 0.0682.